The van der Waals surface area contributed by atoms with Crippen LogP contribution in [-0.4, -0.2) is 11.8 Å². The minimum atomic E-state index is -0.461. The van der Waals surface area contributed by atoms with E-state index < -0.39 is 10.8 Å². The van der Waals surface area contributed by atoms with Crippen LogP contribution in [0.25, 0.3) is 0 Å². The van der Waals surface area contributed by atoms with Crippen molar-refractivity contribution in [1.82, 2.24) is 0 Å². The summed E-state index contributed by atoms with van der Waals surface area (Å²) < 4.78 is 0. The summed E-state index contributed by atoms with van der Waals surface area (Å²) in [5.41, 5.74) is 1.38. The second-order valence-electron chi connectivity index (χ2n) is 7.39. The zero-order valence-corrected chi connectivity index (χ0v) is 14.0. The van der Waals surface area contributed by atoms with Crippen molar-refractivity contribution in [3.8, 4) is 0 Å². The van der Waals surface area contributed by atoms with Crippen molar-refractivity contribution >= 4 is 23.2 Å². The minimum absolute atomic E-state index is 0.0510. The smallest absolute Gasteiger partial charge is 0.229 e. The van der Waals surface area contributed by atoms with Gasteiger partial charge in [0.15, 0.2) is 0 Å². The van der Waals surface area contributed by atoms with Gasteiger partial charge < -0.3 is 10.6 Å². The number of amides is 2. The van der Waals surface area contributed by atoms with Crippen LogP contribution in [0.1, 0.15) is 47.1 Å². The highest BCUT2D eigenvalue weighted by atomic mass is 16.2. The van der Waals surface area contributed by atoms with E-state index in [0.29, 0.717) is 0 Å². The van der Waals surface area contributed by atoms with Gasteiger partial charge in [-0.15, -0.1) is 0 Å². The van der Waals surface area contributed by atoms with Gasteiger partial charge in [0, 0.05) is 22.2 Å². The van der Waals surface area contributed by atoms with Crippen molar-refractivity contribution in [2.75, 3.05) is 10.6 Å². The van der Waals surface area contributed by atoms with Gasteiger partial charge in [-0.3, -0.25) is 9.59 Å². The predicted octanol–water partition coefficient (Wildman–Crippen LogP) is 3.96. The third-order valence-corrected chi connectivity index (χ3v) is 3.19. The van der Waals surface area contributed by atoms with Crippen molar-refractivity contribution in [1.29, 1.82) is 0 Å². The summed E-state index contributed by atoms with van der Waals surface area (Å²) in [5, 5.41) is 5.82. The molecule has 0 aromatic heterocycles. The first-order valence-corrected chi connectivity index (χ1v) is 7.15. The maximum Gasteiger partial charge on any atom is 0.229 e. The maximum atomic E-state index is 12.1. The van der Waals surface area contributed by atoms with Crippen molar-refractivity contribution in [2.24, 2.45) is 10.8 Å². The fraction of sp³-hybridized carbons (Fsp3) is 0.529. The quantitative estimate of drug-likeness (QED) is 0.866. The molecule has 0 atom stereocenters. The summed E-state index contributed by atoms with van der Waals surface area (Å²) in [6.07, 6.45) is 0. The Hall–Kier alpha value is -1.84. The van der Waals surface area contributed by atoms with Crippen LogP contribution in [0.5, 0.6) is 0 Å². The molecule has 0 saturated heterocycles. The monoisotopic (exact) mass is 290 g/mol. The van der Waals surface area contributed by atoms with Crippen LogP contribution < -0.4 is 10.6 Å². The van der Waals surface area contributed by atoms with Gasteiger partial charge >= 0.3 is 0 Å². The van der Waals surface area contributed by atoms with E-state index in [-0.39, 0.29) is 11.8 Å². The van der Waals surface area contributed by atoms with Gasteiger partial charge in [0.2, 0.25) is 11.8 Å². The van der Waals surface area contributed by atoms with Gasteiger partial charge in [-0.05, 0) is 24.6 Å². The molecule has 0 aliphatic heterocycles. The fourth-order valence-electron chi connectivity index (χ4n) is 1.53. The number of carbonyl (C=O) groups excluding carboxylic acids is 2. The highest BCUT2D eigenvalue weighted by Gasteiger charge is 2.24. The molecular formula is C17H26N2O2. The normalized spacial score (nSPS) is 12.0. The summed E-state index contributed by atoms with van der Waals surface area (Å²) in [5.74, 6) is -0.102. The third-order valence-electron chi connectivity index (χ3n) is 3.19. The van der Waals surface area contributed by atoms with Crippen LogP contribution >= 0.6 is 0 Å². The molecule has 116 valence electrons. The van der Waals surface area contributed by atoms with E-state index in [0.717, 1.165) is 16.9 Å². The van der Waals surface area contributed by atoms with Gasteiger partial charge in [0.25, 0.3) is 0 Å². The SMILES string of the molecule is Cc1c(NC(=O)C(C)(C)C)cccc1NC(=O)C(C)(C)C. The van der Waals surface area contributed by atoms with Crippen LogP contribution in [0, 0.1) is 17.8 Å². The molecule has 1 aromatic carbocycles. The summed E-state index contributed by atoms with van der Waals surface area (Å²) in [6, 6.07) is 5.50. The van der Waals surface area contributed by atoms with E-state index >= 15 is 0 Å². The van der Waals surface area contributed by atoms with Crippen LogP contribution in [0.3, 0.4) is 0 Å². The first kappa shape index (κ1) is 17.2. The average molecular weight is 290 g/mol. The standard InChI is InChI=1S/C17H26N2O2/c1-11-12(18-14(20)16(2,3)4)9-8-10-13(11)19-15(21)17(5,6)7/h8-10H,1-7H3,(H,18,20)(H,19,21). The van der Waals surface area contributed by atoms with Gasteiger partial charge in [-0.1, -0.05) is 47.6 Å². The number of benzene rings is 1. The highest BCUT2D eigenvalue weighted by Crippen LogP contribution is 2.27. The topological polar surface area (TPSA) is 58.2 Å². The predicted molar refractivity (Wildman–Crippen MR) is 87.3 cm³/mol. The minimum Gasteiger partial charge on any atom is -0.325 e. The molecule has 4 heteroatoms. The summed E-state index contributed by atoms with van der Waals surface area (Å²) in [7, 11) is 0. The average Bonchev–Trinajstić information content (AvgIpc) is 2.31. The molecule has 2 N–H and O–H groups in total. The molecule has 0 bridgehead atoms. The lowest BCUT2D eigenvalue weighted by Gasteiger charge is -2.21. The molecule has 0 saturated carbocycles. The Morgan fingerprint density at radius 1 is 0.810 bits per heavy atom. The van der Waals surface area contributed by atoms with Crippen molar-refractivity contribution < 1.29 is 9.59 Å². The van der Waals surface area contributed by atoms with E-state index in [9.17, 15) is 9.59 Å². The molecule has 21 heavy (non-hydrogen) atoms. The highest BCUT2D eigenvalue weighted by molar-refractivity contribution is 5.98. The lowest BCUT2D eigenvalue weighted by Crippen LogP contribution is -2.29. The molecule has 1 aromatic rings. The first-order valence-electron chi connectivity index (χ1n) is 7.15. The Morgan fingerprint density at radius 2 is 1.14 bits per heavy atom. The molecule has 0 spiro atoms. The number of rotatable bonds is 2. The number of anilines is 2. The number of carbonyl (C=O) groups is 2. The van der Waals surface area contributed by atoms with Gasteiger partial charge in [0.1, 0.15) is 0 Å². The van der Waals surface area contributed by atoms with Crippen LogP contribution in [0.4, 0.5) is 11.4 Å². The number of nitrogens with one attached hydrogen (secondary N) is 2. The zero-order valence-electron chi connectivity index (χ0n) is 14.0. The number of hydrogen-bond donors (Lipinski definition) is 2. The van der Waals surface area contributed by atoms with Gasteiger partial charge in [-0.2, -0.15) is 0 Å². The molecule has 1 rings (SSSR count). The van der Waals surface area contributed by atoms with Crippen LogP contribution in [0.15, 0.2) is 18.2 Å². The van der Waals surface area contributed by atoms with E-state index in [1.165, 1.54) is 0 Å². The van der Waals surface area contributed by atoms with Gasteiger partial charge in [0.05, 0.1) is 0 Å². The van der Waals surface area contributed by atoms with E-state index in [1.807, 2.05) is 66.7 Å². The second-order valence-corrected chi connectivity index (χ2v) is 7.39. The molecule has 0 unspecified atom stereocenters. The largest absolute Gasteiger partial charge is 0.325 e. The lowest BCUT2D eigenvalue weighted by atomic mass is 9.95. The molecule has 0 heterocycles. The van der Waals surface area contributed by atoms with Crippen LogP contribution in [-0.2, 0) is 9.59 Å². The Labute approximate surface area is 127 Å². The Morgan fingerprint density at radius 3 is 1.43 bits per heavy atom. The molecule has 0 aliphatic rings. The second kappa shape index (κ2) is 5.88. The summed E-state index contributed by atoms with van der Waals surface area (Å²) >= 11 is 0. The van der Waals surface area contributed by atoms with Crippen LogP contribution in [0.2, 0.25) is 0 Å². The Bertz CT molecular complexity index is 503. The fourth-order valence-corrected chi connectivity index (χ4v) is 1.53. The molecular weight excluding hydrogens is 264 g/mol. The van der Waals surface area contributed by atoms with Gasteiger partial charge in [-0.25, -0.2) is 0 Å². The van der Waals surface area contributed by atoms with E-state index in [4.69, 9.17) is 0 Å². The zero-order chi connectivity index (χ0) is 16.4. The first-order chi connectivity index (χ1) is 9.43. The molecule has 0 radical (unpaired) electrons. The molecule has 0 fully saturated rings. The van der Waals surface area contributed by atoms with Crippen molar-refractivity contribution in [3.05, 3.63) is 23.8 Å². The third kappa shape index (κ3) is 4.59. The lowest BCUT2D eigenvalue weighted by molar-refractivity contribution is -0.123. The van der Waals surface area contributed by atoms with Crippen molar-refractivity contribution in [3.63, 3.8) is 0 Å². The summed E-state index contributed by atoms with van der Waals surface area (Å²) in [6.45, 7) is 13.1. The Kier molecular flexibility index (Phi) is 4.82. The molecule has 4 nitrogen and oxygen atoms in total. The Balaban J connectivity index is 2.99. The number of hydrogen-bond acceptors (Lipinski definition) is 2. The van der Waals surface area contributed by atoms with E-state index in [2.05, 4.69) is 10.6 Å². The van der Waals surface area contributed by atoms with Crippen molar-refractivity contribution in [2.45, 2.75) is 48.5 Å². The van der Waals surface area contributed by atoms with E-state index in [1.54, 1.807) is 0 Å². The molecule has 0 aliphatic carbocycles. The molecule has 2 amide bonds. The summed E-state index contributed by atoms with van der Waals surface area (Å²) in [4.78, 5) is 24.2. The maximum absolute atomic E-state index is 12.1.